The van der Waals surface area contributed by atoms with Crippen LogP contribution in [0.2, 0.25) is 0 Å². The highest BCUT2D eigenvalue weighted by Gasteiger charge is 2.31. The number of carbonyl (C=O) groups excluding carboxylic acids is 1. The number of benzene rings is 1. The molecule has 0 bridgehead atoms. The molecule has 1 aromatic carbocycles. The van der Waals surface area contributed by atoms with Gasteiger partial charge in [-0.15, -0.1) is 0 Å². The summed E-state index contributed by atoms with van der Waals surface area (Å²) in [4.78, 5) is 41.4. The van der Waals surface area contributed by atoms with Gasteiger partial charge >= 0.3 is 5.69 Å². The second kappa shape index (κ2) is 5.17. The van der Waals surface area contributed by atoms with Gasteiger partial charge in [0.1, 0.15) is 5.75 Å². The van der Waals surface area contributed by atoms with Crippen LogP contribution < -0.4 is 16.0 Å². The van der Waals surface area contributed by atoms with Crippen LogP contribution in [0.3, 0.4) is 0 Å². The molecule has 1 aliphatic heterocycles. The lowest BCUT2D eigenvalue weighted by molar-refractivity contribution is 0.0835. The Morgan fingerprint density at radius 3 is 2.52 bits per heavy atom. The van der Waals surface area contributed by atoms with Crippen molar-refractivity contribution in [3.63, 3.8) is 0 Å². The van der Waals surface area contributed by atoms with Gasteiger partial charge in [-0.05, 0) is 12.1 Å². The first kappa shape index (κ1) is 15.4. The summed E-state index contributed by atoms with van der Waals surface area (Å²) in [6, 6.07) is 7.04. The van der Waals surface area contributed by atoms with Crippen molar-refractivity contribution in [2.24, 2.45) is 21.1 Å². The third-order valence-electron chi connectivity index (χ3n) is 4.63. The third kappa shape index (κ3) is 2.07. The number of imidazole rings is 1. The minimum atomic E-state index is -0.611. The molecule has 0 N–H and O–H groups in total. The molecular formula is C17H16N4O4. The molecule has 8 heteroatoms. The summed E-state index contributed by atoms with van der Waals surface area (Å²) in [6.07, 6.45) is -0.484. The quantitative estimate of drug-likeness (QED) is 0.650. The van der Waals surface area contributed by atoms with Crippen LogP contribution >= 0.6 is 0 Å². The van der Waals surface area contributed by atoms with Crippen molar-refractivity contribution in [3.8, 4) is 5.75 Å². The second-order valence-corrected chi connectivity index (χ2v) is 6.14. The van der Waals surface area contributed by atoms with Crippen molar-refractivity contribution < 1.29 is 9.53 Å². The SMILES string of the molecule is Cn1c(=O)c2c(nc(C3CC(=O)c4ccccc4O3)n2C)n(C)c1=O. The molecule has 8 nitrogen and oxygen atoms in total. The zero-order valence-electron chi connectivity index (χ0n) is 14.0. The van der Waals surface area contributed by atoms with Crippen molar-refractivity contribution in [2.75, 3.05) is 0 Å². The Labute approximate surface area is 141 Å². The van der Waals surface area contributed by atoms with Crippen LogP contribution in [0, 0.1) is 0 Å². The summed E-state index contributed by atoms with van der Waals surface area (Å²) >= 11 is 0. The summed E-state index contributed by atoms with van der Waals surface area (Å²) in [5.74, 6) is 0.898. The van der Waals surface area contributed by atoms with Gasteiger partial charge in [0.05, 0.1) is 12.0 Å². The van der Waals surface area contributed by atoms with Gasteiger partial charge < -0.3 is 9.30 Å². The number of ketones is 1. The number of carbonyl (C=O) groups is 1. The normalized spacial score (nSPS) is 16.8. The number of ether oxygens (including phenoxy) is 1. The summed E-state index contributed by atoms with van der Waals surface area (Å²) in [5.41, 5.74) is 0.242. The van der Waals surface area contributed by atoms with Crippen LogP contribution in [0.15, 0.2) is 33.9 Å². The highest BCUT2D eigenvalue weighted by molar-refractivity contribution is 5.99. The molecule has 0 fully saturated rings. The smallest absolute Gasteiger partial charge is 0.332 e. The van der Waals surface area contributed by atoms with E-state index in [2.05, 4.69) is 4.98 Å². The zero-order valence-corrected chi connectivity index (χ0v) is 14.0. The molecule has 1 aliphatic rings. The molecule has 1 unspecified atom stereocenters. The van der Waals surface area contributed by atoms with Gasteiger partial charge in [0.2, 0.25) is 0 Å². The van der Waals surface area contributed by atoms with E-state index in [1.165, 1.54) is 11.6 Å². The summed E-state index contributed by atoms with van der Waals surface area (Å²) in [7, 11) is 4.67. The number of hydrogen-bond donors (Lipinski definition) is 0. The van der Waals surface area contributed by atoms with Gasteiger partial charge in [-0.1, -0.05) is 12.1 Å². The third-order valence-corrected chi connectivity index (χ3v) is 4.63. The number of hydrogen-bond acceptors (Lipinski definition) is 5. The molecule has 4 rings (SSSR count). The molecule has 25 heavy (non-hydrogen) atoms. The van der Waals surface area contributed by atoms with Gasteiger partial charge in [-0.3, -0.25) is 18.7 Å². The number of Topliss-reactive ketones (excluding diaryl/α,β-unsaturated/α-hetero) is 1. The highest BCUT2D eigenvalue weighted by atomic mass is 16.5. The number of rotatable bonds is 1. The van der Waals surface area contributed by atoms with Crippen LogP contribution in [0.5, 0.6) is 5.75 Å². The summed E-state index contributed by atoms with van der Waals surface area (Å²) in [6.45, 7) is 0. The van der Waals surface area contributed by atoms with E-state index in [-0.39, 0.29) is 17.9 Å². The van der Waals surface area contributed by atoms with Crippen LogP contribution in [0.4, 0.5) is 0 Å². The molecule has 0 amide bonds. The fourth-order valence-corrected chi connectivity index (χ4v) is 3.24. The average Bonchev–Trinajstić information content (AvgIpc) is 2.95. The number of aromatic nitrogens is 4. The maximum Gasteiger partial charge on any atom is 0.332 e. The van der Waals surface area contributed by atoms with Crippen LogP contribution in [0.1, 0.15) is 28.7 Å². The molecule has 3 aromatic rings. The summed E-state index contributed by atoms with van der Waals surface area (Å²) < 4.78 is 9.89. The second-order valence-electron chi connectivity index (χ2n) is 6.14. The molecule has 0 saturated carbocycles. The van der Waals surface area contributed by atoms with Gasteiger partial charge in [-0.2, -0.15) is 0 Å². The molecular weight excluding hydrogens is 324 g/mol. The Morgan fingerprint density at radius 1 is 1.04 bits per heavy atom. The number of para-hydroxylation sites is 1. The maximum atomic E-state index is 12.5. The fourth-order valence-electron chi connectivity index (χ4n) is 3.24. The first-order chi connectivity index (χ1) is 11.9. The van der Waals surface area contributed by atoms with Gasteiger partial charge in [0.25, 0.3) is 5.56 Å². The van der Waals surface area contributed by atoms with E-state index in [4.69, 9.17) is 4.74 Å². The first-order valence-electron chi connectivity index (χ1n) is 7.81. The van der Waals surface area contributed by atoms with E-state index >= 15 is 0 Å². The van der Waals surface area contributed by atoms with Crippen molar-refractivity contribution in [2.45, 2.75) is 12.5 Å². The van der Waals surface area contributed by atoms with E-state index < -0.39 is 17.4 Å². The monoisotopic (exact) mass is 340 g/mol. The van der Waals surface area contributed by atoms with E-state index in [1.807, 2.05) is 0 Å². The molecule has 1 atom stereocenters. The first-order valence-corrected chi connectivity index (χ1v) is 7.81. The Bertz CT molecular complexity index is 1150. The fraction of sp³-hybridized carbons (Fsp3) is 0.294. The van der Waals surface area contributed by atoms with Crippen molar-refractivity contribution in [3.05, 3.63) is 56.5 Å². The van der Waals surface area contributed by atoms with E-state index in [0.717, 1.165) is 4.57 Å². The van der Waals surface area contributed by atoms with Crippen molar-refractivity contribution in [1.29, 1.82) is 0 Å². The molecule has 128 valence electrons. The Morgan fingerprint density at radius 2 is 1.76 bits per heavy atom. The lowest BCUT2D eigenvalue weighted by atomic mass is 10.0. The van der Waals surface area contributed by atoms with Crippen LogP contribution in [0.25, 0.3) is 11.2 Å². The van der Waals surface area contributed by atoms with Crippen LogP contribution in [-0.4, -0.2) is 24.5 Å². The average molecular weight is 340 g/mol. The largest absolute Gasteiger partial charge is 0.481 e. The molecule has 0 spiro atoms. The Balaban J connectivity index is 1.92. The summed E-state index contributed by atoms with van der Waals surface area (Å²) in [5, 5.41) is 0. The van der Waals surface area contributed by atoms with E-state index in [1.54, 1.807) is 42.9 Å². The molecule has 0 radical (unpaired) electrons. The lowest BCUT2D eigenvalue weighted by Crippen LogP contribution is -2.37. The minimum Gasteiger partial charge on any atom is -0.481 e. The minimum absolute atomic E-state index is 0.0410. The predicted octanol–water partition coefficient (Wildman–Crippen LogP) is 0.677. The number of nitrogens with zero attached hydrogens (tertiary/aromatic N) is 4. The highest BCUT2D eigenvalue weighted by Crippen LogP contribution is 2.34. The van der Waals surface area contributed by atoms with Crippen molar-refractivity contribution >= 4 is 16.9 Å². The van der Waals surface area contributed by atoms with Crippen LogP contribution in [-0.2, 0) is 21.1 Å². The Hall–Kier alpha value is -3.16. The Kier molecular flexibility index (Phi) is 3.18. The predicted molar refractivity (Wildman–Crippen MR) is 90.0 cm³/mol. The number of fused-ring (bicyclic) bond motifs is 2. The molecule has 0 saturated heterocycles. The lowest BCUT2D eigenvalue weighted by Gasteiger charge is -2.24. The molecule has 3 heterocycles. The standard InChI is InChI=1S/C17H16N4O4/c1-19-13-15(20(2)17(24)21(3)16(13)23)18-14(19)12-8-10(22)9-6-4-5-7-11(9)25-12/h4-7,12H,8H2,1-3H3. The zero-order chi connectivity index (χ0) is 17.9. The van der Waals surface area contributed by atoms with Gasteiger partial charge in [-0.25, -0.2) is 9.78 Å². The van der Waals surface area contributed by atoms with Gasteiger partial charge in [0.15, 0.2) is 28.9 Å². The van der Waals surface area contributed by atoms with Gasteiger partial charge in [0, 0.05) is 21.1 Å². The number of aryl methyl sites for hydroxylation is 2. The maximum absolute atomic E-state index is 12.5. The van der Waals surface area contributed by atoms with E-state index in [9.17, 15) is 14.4 Å². The molecule has 2 aromatic heterocycles. The molecule has 0 aliphatic carbocycles. The van der Waals surface area contributed by atoms with E-state index in [0.29, 0.717) is 22.7 Å². The topological polar surface area (TPSA) is 88.1 Å². The van der Waals surface area contributed by atoms with Crippen molar-refractivity contribution in [1.82, 2.24) is 18.7 Å².